The van der Waals surface area contributed by atoms with E-state index in [1.165, 1.54) is 70.5 Å². The molecule has 2 saturated carbocycles. The summed E-state index contributed by atoms with van der Waals surface area (Å²) in [5.41, 5.74) is -3.24. The number of alkyl halides is 3. The van der Waals surface area contributed by atoms with Gasteiger partial charge >= 0.3 is 6.18 Å². The predicted molar refractivity (Wildman–Crippen MR) is 274 cm³/mol. The Kier molecular flexibility index (Phi) is 10.1. The highest BCUT2D eigenvalue weighted by molar-refractivity contribution is 6.35. The number of rotatable bonds is 10. The van der Waals surface area contributed by atoms with Crippen molar-refractivity contribution in [2.45, 2.75) is 31.4 Å². The van der Waals surface area contributed by atoms with Crippen molar-refractivity contribution in [3.8, 4) is 23.0 Å². The lowest BCUT2D eigenvalue weighted by molar-refractivity contribution is -0.173. The Morgan fingerprint density at radius 2 is 0.641 bits per heavy atom. The maximum absolute atomic E-state index is 15.6. The van der Waals surface area contributed by atoms with Crippen LogP contribution in [0.15, 0.2) is 158 Å². The van der Waals surface area contributed by atoms with E-state index in [2.05, 4.69) is 0 Å². The molecule has 4 aliphatic carbocycles. The normalized spacial score (nSPS) is 25.9. The molecule has 386 valence electrons. The molecule has 0 radical (unpaired) electrons. The molecule has 17 heteroatoms. The quantitative estimate of drug-likeness (QED) is 0.0951. The molecule has 8 aliphatic rings. The Hall–Kier alpha value is -9.25. The first-order chi connectivity index (χ1) is 37.5. The maximum atomic E-state index is 15.6. The van der Waals surface area contributed by atoms with Gasteiger partial charge in [0.2, 0.25) is 23.6 Å². The topological polar surface area (TPSA) is 168 Å². The van der Waals surface area contributed by atoms with Crippen LogP contribution in [0, 0.1) is 47.3 Å². The van der Waals surface area contributed by atoms with Gasteiger partial charge in [0.1, 0.15) is 28.4 Å². The van der Waals surface area contributed by atoms with Gasteiger partial charge < -0.3 is 9.47 Å². The number of nitrogens with zero attached hydrogens (tertiary/aromatic N) is 4. The summed E-state index contributed by atoms with van der Waals surface area (Å²) >= 11 is 0. The van der Waals surface area contributed by atoms with Gasteiger partial charge in [-0.05, 0) is 176 Å². The standard InChI is InChI=1S/C61H41F3N4O10/c1-60(61(62,63)64,34-6-24-44-46(28-34)54(71)65(52(44)69)36-8-16-40(17-9-36)77-42-20-12-38(13-21-42)67-56(73)48-30-2-3-31(26-30)49(48)57(67)74)35-7-25-45-47(29-35)55(72)66(53(45)70)37-10-18-41(19-11-37)78-43-22-14-39(15-23-43)68-58(75)50-32-4-5-33(27-32)51(50)59(68)76/h2-25,28-33,48-51H,26-27H2,1H3. The molecule has 8 atom stereocenters. The van der Waals surface area contributed by atoms with E-state index in [-0.39, 0.29) is 116 Å². The highest BCUT2D eigenvalue weighted by Crippen LogP contribution is 2.55. The zero-order chi connectivity index (χ0) is 53.8. The molecule has 6 aromatic rings. The number of allylic oxidation sites excluding steroid dienone is 4. The van der Waals surface area contributed by atoms with Crippen molar-refractivity contribution in [3.05, 3.63) is 191 Å². The van der Waals surface area contributed by atoms with Crippen LogP contribution in [0.25, 0.3) is 0 Å². The first kappa shape index (κ1) is 47.2. The summed E-state index contributed by atoms with van der Waals surface area (Å²) in [6.07, 6.45) is 4.75. The minimum atomic E-state index is -5.02. The van der Waals surface area contributed by atoms with Crippen molar-refractivity contribution in [2.24, 2.45) is 47.3 Å². The van der Waals surface area contributed by atoms with Gasteiger partial charge in [-0.3, -0.25) is 48.2 Å². The van der Waals surface area contributed by atoms with Crippen molar-refractivity contribution in [2.75, 3.05) is 19.6 Å². The molecule has 6 aromatic carbocycles. The van der Waals surface area contributed by atoms with Gasteiger partial charge in [0.25, 0.3) is 23.6 Å². The summed E-state index contributed by atoms with van der Waals surface area (Å²) in [6, 6.07) is 31.5. The van der Waals surface area contributed by atoms with E-state index >= 15 is 13.2 Å². The van der Waals surface area contributed by atoms with Crippen LogP contribution in [0.2, 0.25) is 0 Å². The van der Waals surface area contributed by atoms with Gasteiger partial charge in [0.15, 0.2) is 0 Å². The average molecular weight is 1050 g/mol. The van der Waals surface area contributed by atoms with Gasteiger partial charge in [0, 0.05) is 0 Å². The van der Waals surface area contributed by atoms with E-state index in [4.69, 9.17) is 9.47 Å². The minimum absolute atomic E-state index is 0.0785. The number of anilines is 4. The minimum Gasteiger partial charge on any atom is -0.457 e. The van der Waals surface area contributed by atoms with Crippen molar-refractivity contribution in [3.63, 3.8) is 0 Å². The number of benzene rings is 6. The summed E-state index contributed by atoms with van der Waals surface area (Å²) in [6.45, 7) is 0.904. The van der Waals surface area contributed by atoms with E-state index in [9.17, 15) is 38.4 Å². The summed E-state index contributed by atoms with van der Waals surface area (Å²) in [5, 5.41) is 0. The second-order valence-electron chi connectivity index (χ2n) is 21.2. The molecule has 78 heavy (non-hydrogen) atoms. The highest BCUT2D eigenvalue weighted by atomic mass is 19.4. The first-order valence-electron chi connectivity index (χ1n) is 25.5. The fourth-order valence-corrected chi connectivity index (χ4v) is 13.3. The van der Waals surface area contributed by atoms with E-state index in [0.717, 1.165) is 53.8 Å². The van der Waals surface area contributed by atoms with Crippen molar-refractivity contribution >= 4 is 70.0 Å². The summed E-state index contributed by atoms with van der Waals surface area (Å²) < 4.78 is 58.7. The molecule has 0 aromatic heterocycles. The lowest BCUT2D eigenvalue weighted by Crippen LogP contribution is -2.41. The molecule has 0 spiro atoms. The highest BCUT2D eigenvalue weighted by Gasteiger charge is 2.61. The van der Waals surface area contributed by atoms with E-state index in [0.29, 0.717) is 34.4 Å². The lowest BCUT2D eigenvalue weighted by atomic mass is 9.74. The predicted octanol–water partition coefficient (Wildman–Crippen LogP) is 10.4. The van der Waals surface area contributed by atoms with E-state index in [1.807, 2.05) is 24.3 Å². The summed E-state index contributed by atoms with van der Waals surface area (Å²) in [7, 11) is 0. The Bertz CT molecular complexity index is 3480. The van der Waals surface area contributed by atoms with Gasteiger partial charge in [0.05, 0.1) is 68.7 Å². The van der Waals surface area contributed by atoms with E-state index < -0.39 is 35.2 Å². The van der Waals surface area contributed by atoms with Gasteiger partial charge in [-0.1, -0.05) is 36.4 Å². The van der Waals surface area contributed by atoms with Crippen molar-refractivity contribution in [1.29, 1.82) is 0 Å². The maximum Gasteiger partial charge on any atom is 0.402 e. The number of carbonyl (C=O) groups excluding carboxylic acids is 8. The molecule has 4 heterocycles. The van der Waals surface area contributed by atoms with Crippen molar-refractivity contribution in [1.82, 2.24) is 0 Å². The molecule has 14 nitrogen and oxygen atoms in total. The Morgan fingerprint density at radius 3 is 0.923 bits per heavy atom. The fraction of sp³-hybridized carbons (Fsp3) is 0.213. The second kappa shape index (κ2) is 16.6. The molecule has 8 unspecified atom stereocenters. The fourth-order valence-electron chi connectivity index (χ4n) is 13.3. The number of halogens is 3. The molecule has 8 amide bonds. The number of ether oxygens (including phenoxy) is 2. The van der Waals surface area contributed by atoms with Crippen LogP contribution >= 0.6 is 0 Å². The summed E-state index contributed by atoms with van der Waals surface area (Å²) in [4.78, 5) is 113. The van der Waals surface area contributed by atoms with Crippen LogP contribution in [0.4, 0.5) is 35.9 Å². The van der Waals surface area contributed by atoms with Gasteiger partial charge in [-0.25, -0.2) is 9.80 Å². The SMILES string of the molecule is CC(c1ccc2c(c1)C(=O)N(c1ccc(Oc3ccc(N4C(=O)C5C6C=CC(C6)C5C4=O)cc3)cc1)C2=O)(c1ccc2c(c1)C(=O)N(c1ccc(Oc3ccc(N4C(=O)C5C6C=CC(C6)C5C4=O)cc3)cc1)C2=O)C(F)(F)F. The largest absolute Gasteiger partial charge is 0.457 e. The Labute approximate surface area is 441 Å². The molecular formula is C61H41F3N4O10. The number of carbonyl (C=O) groups is 8. The second-order valence-corrected chi connectivity index (χ2v) is 21.2. The van der Waals surface area contributed by atoms with Crippen LogP contribution in [-0.4, -0.2) is 53.4 Å². The molecular weight excluding hydrogens is 1010 g/mol. The number of imide groups is 4. The molecule has 0 N–H and O–H groups in total. The molecule has 4 aliphatic heterocycles. The Balaban J connectivity index is 0.652. The summed E-state index contributed by atoms with van der Waals surface area (Å²) in [5.74, 6) is -3.65. The van der Waals surface area contributed by atoms with Gasteiger partial charge in [-0.15, -0.1) is 0 Å². The van der Waals surface area contributed by atoms with Crippen LogP contribution in [-0.2, 0) is 24.6 Å². The number of hydrogen-bond acceptors (Lipinski definition) is 10. The third-order valence-corrected chi connectivity index (χ3v) is 17.3. The van der Waals surface area contributed by atoms with Crippen LogP contribution < -0.4 is 29.1 Å². The van der Waals surface area contributed by atoms with Crippen molar-refractivity contribution < 1.29 is 61.0 Å². The lowest BCUT2D eigenvalue weighted by Gasteiger charge is -2.33. The smallest absolute Gasteiger partial charge is 0.402 e. The van der Waals surface area contributed by atoms with Crippen LogP contribution in [0.1, 0.15) is 72.3 Å². The third kappa shape index (κ3) is 6.69. The van der Waals surface area contributed by atoms with Crippen LogP contribution in [0.5, 0.6) is 23.0 Å². The molecule has 14 rings (SSSR count). The zero-order valence-corrected chi connectivity index (χ0v) is 41.0. The number of hydrogen-bond donors (Lipinski definition) is 0. The molecule has 4 fully saturated rings. The molecule has 4 bridgehead atoms. The van der Waals surface area contributed by atoms with E-state index in [1.54, 1.807) is 48.5 Å². The Morgan fingerprint density at radius 1 is 0.372 bits per heavy atom. The molecule has 2 saturated heterocycles. The number of amides is 8. The third-order valence-electron chi connectivity index (χ3n) is 17.3. The van der Waals surface area contributed by atoms with Crippen LogP contribution in [0.3, 0.4) is 0 Å². The monoisotopic (exact) mass is 1050 g/mol. The first-order valence-corrected chi connectivity index (χ1v) is 25.5. The zero-order valence-electron chi connectivity index (χ0n) is 41.0. The van der Waals surface area contributed by atoms with Gasteiger partial charge in [-0.2, -0.15) is 13.2 Å². The number of fused-ring (bicyclic) bond motifs is 12. The average Bonchev–Trinajstić information content (AvgIpc) is 4.53.